The topological polar surface area (TPSA) is 46.5 Å². The number of carboxylic acid groups (broad SMARTS) is 1. The summed E-state index contributed by atoms with van der Waals surface area (Å²) in [6.07, 6.45) is 2.84. The Morgan fingerprint density at radius 2 is 1.94 bits per heavy atom. The molecule has 0 saturated heterocycles. The van der Waals surface area contributed by atoms with Crippen molar-refractivity contribution in [1.29, 1.82) is 0 Å². The van der Waals surface area contributed by atoms with E-state index in [0.717, 1.165) is 12.8 Å². The molecule has 3 nitrogen and oxygen atoms in total. The summed E-state index contributed by atoms with van der Waals surface area (Å²) in [4.78, 5) is 10.8. The monoisotopic (exact) mass is 252 g/mol. The van der Waals surface area contributed by atoms with Crippen molar-refractivity contribution < 1.29 is 19.0 Å². The van der Waals surface area contributed by atoms with E-state index >= 15 is 0 Å². The summed E-state index contributed by atoms with van der Waals surface area (Å²) >= 11 is 0. The molecule has 1 saturated carbocycles. The van der Waals surface area contributed by atoms with Crippen molar-refractivity contribution in [2.45, 2.75) is 38.4 Å². The predicted molar refractivity (Wildman–Crippen MR) is 64.6 cm³/mol. The van der Waals surface area contributed by atoms with E-state index in [1.54, 1.807) is 18.2 Å². The van der Waals surface area contributed by atoms with Crippen molar-refractivity contribution in [2.75, 3.05) is 0 Å². The van der Waals surface area contributed by atoms with E-state index in [1.807, 2.05) is 0 Å². The molecule has 1 aromatic rings. The first-order valence-electron chi connectivity index (χ1n) is 6.24. The van der Waals surface area contributed by atoms with Crippen LogP contribution in [0, 0.1) is 11.7 Å². The summed E-state index contributed by atoms with van der Waals surface area (Å²) in [7, 11) is 0. The molecular weight excluding hydrogens is 235 g/mol. The number of benzene rings is 1. The average Bonchev–Trinajstić information content (AvgIpc) is 2.38. The lowest BCUT2D eigenvalue weighted by molar-refractivity contribution is -0.143. The largest absolute Gasteiger partial charge is 0.481 e. The maximum absolute atomic E-state index is 13.4. The normalized spacial score (nSPS) is 23.8. The lowest BCUT2D eigenvalue weighted by Crippen LogP contribution is -2.26. The number of carboxylic acids is 1. The molecule has 0 bridgehead atoms. The fourth-order valence-corrected chi connectivity index (χ4v) is 2.30. The minimum atomic E-state index is -0.720. The van der Waals surface area contributed by atoms with E-state index in [4.69, 9.17) is 9.84 Å². The van der Waals surface area contributed by atoms with Crippen LogP contribution >= 0.6 is 0 Å². The van der Waals surface area contributed by atoms with E-state index in [2.05, 4.69) is 0 Å². The van der Waals surface area contributed by atoms with Crippen LogP contribution in [-0.2, 0) is 16.1 Å². The summed E-state index contributed by atoms with van der Waals surface area (Å²) in [5.74, 6) is -1.21. The molecule has 0 aliphatic heterocycles. The smallest absolute Gasteiger partial charge is 0.306 e. The van der Waals surface area contributed by atoms with Gasteiger partial charge in [-0.1, -0.05) is 18.2 Å². The van der Waals surface area contributed by atoms with Crippen LogP contribution < -0.4 is 0 Å². The quantitative estimate of drug-likeness (QED) is 0.896. The number of hydrogen-bond acceptors (Lipinski definition) is 2. The van der Waals surface area contributed by atoms with Crippen molar-refractivity contribution in [3.63, 3.8) is 0 Å². The standard InChI is InChI=1S/C14H17FO3/c15-13-4-2-1-3-11(13)9-18-12-7-5-10(6-8-12)14(16)17/h1-4,10,12H,5-9H2,(H,16,17). The second-order valence-corrected chi connectivity index (χ2v) is 4.71. The Hall–Kier alpha value is -1.42. The van der Waals surface area contributed by atoms with Gasteiger partial charge in [0.25, 0.3) is 0 Å². The first-order valence-corrected chi connectivity index (χ1v) is 6.24. The average molecular weight is 252 g/mol. The first kappa shape index (κ1) is 13.0. The first-order chi connectivity index (χ1) is 8.66. The fraction of sp³-hybridized carbons (Fsp3) is 0.500. The third kappa shape index (κ3) is 3.29. The van der Waals surface area contributed by atoms with Crippen molar-refractivity contribution in [3.05, 3.63) is 35.6 Å². The van der Waals surface area contributed by atoms with Gasteiger partial charge in [-0.3, -0.25) is 4.79 Å². The zero-order chi connectivity index (χ0) is 13.0. The number of hydrogen-bond donors (Lipinski definition) is 1. The molecule has 4 heteroatoms. The van der Waals surface area contributed by atoms with Crippen LogP contribution in [0.4, 0.5) is 4.39 Å². The molecule has 0 aromatic heterocycles. The van der Waals surface area contributed by atoms with Crippen LogP contribution in [0.5, 0.6) is 0 Å². The summed E-state index contributed by atoms with van der Waals surface area (Å²) in [6, 6.07) is 6.55. The summed E-state index contributed by atoms with van der Waals surface area (Å²) in [5.41, 5.74) is 0.554. The molecule has 1 aliphatic carbocycles. The van der Waals surface area contributed by atoms with Gasteiger partial charge in [-0.2, -0.15) is 0 Å². The molecule has 1 aliphatic rings. The SMILES string of the molecule is O=C(O)C1CCC(OCc2ccccc2F)CC1. The second-order valence-electron chi connectivity index (χ2n) is 4.71. The maximum Gasteiger partial charge on any atom is 0.306 e. The Bertz CT molecular complexity index is 411. The second kappa shape index (κ2) is 5.96. The molecule has 0 amide bonds. The van der Waals surface area contributed by atoms with E-state index in [1.165, 1.54) is 6.07 Å². The number of ether oxygens (including phenoxy) is 1. The van der Waals surface area contributed by atoms with Gasteiger partial charge in [0.2, 0.25) is 0 Å². The maximum atomic E-state index is 13.4. The Morgan fingerprint density at radius 3 is 2.56 bits per heavy atom. The van der Waals surface area contributed by atoms with Gasteiger partial charge in [0.05, 0.1) is 18.6 Å². The van der Waals surface area contributed by atoms with Gasteiger partial charge in [0.1, 0.15) is 5.82 Å². The molecule has 0 unspecified atom stereocenters. The summed E-state index contributed by atoms with van der Waals surface area (Å²) in [5, 5.41) is 8.88. The van der Waals surface area contributed by atoms with E-state index in [-0.39, 0.29) is 24.4 Å². The molecule has 0 heterocycles. The van der Waals surface area contributed by atoms with Gasteiger partial charge in [-0.05, 0) is 31.7 Å². The molecule has 1 aromatic carbocycles. The Morgan fingerprint density at radius 1 is 1.28 bits per heavy atom. The molecule has 1 fully saturated rings. The Kier molecular flexibility index (Phi) is 4.31. The molecular formula is C14H17FO3. The highest BCUT2D eigenvalue weighted by Gasteiger charge is 2.26. The van der Waals surface area contributed by atoms with E-state index in [0.29, 0.717) is 18.4 Å². The van der Waals surface area contributed by atoms with Gasteiger partial charge in [-0.15, -0.1) is 0 Å². The predicted octanol–water partition coefficient (Wildman–Crippen LogP) is 2.99. The highest BCUT2D eigenvalue weighted by atomic mass is 19.1. The molecule has 0 atom stereocenters. The summed E-state index contributed by atoms with van der Waals surface area (Å²) < 4.78 is 19.0. The van der Waals surface area contributed by atoms with Crippen LogP contribution in [0.3, 0.4) is 0 Å². The van der Waals surface area contributed by atoms with Crippen LogP contribution in [-0.4, -0.2) is 17.2 Å². The lowest BCUT2D eigenvalue weighted by atomic mass is 9.87. The summed E-state index contributed by atoms with van der Waals surface area (Å²) in [6.45, 7) is 0.259. The zero-order valence-corrected chi connectivity index (χ0v) is 10.1. The molecule has 0 spiro atoms. The number of carbonyl (C=O) groups is 1. The highest BCUT2D eigenvalue weighted by Crippen LogP contribution is 2.27. The fourth-order valence-electron chi connectivity index (χ4n) is 2.30. The minimum Gasteiger partial charge on any atom is -0.481 e. The van der Waals surface area contributed by atoms with Crippen molar-refractivity contribution >= 4 is 5.97 Å². The third-order valence-electron chi connectivity index (χ3n) is 3.46. The van der Waals surface area contributed by atoms with Crippen LogP contribution in [0.25, 0.3) is 0 Å². The Balaban J connectivity index is 1.79. The zero-order valence-electron chi connectivity index (χ0n) is 10.1. The van der Waals surface area contributed by atoms with Gasteiger partial charge in [-0.25, -0.2) is 4.39 Å². The van der Waals surface area contributed by atoms with Crippen LogP contribution in [0.15, 0.2) is 24.3 Å². The van der Waals surface area contributed by atoms with Crippen molar-refractivity contribution in [1.82, 2.24) is 0 Å². The van der Waals surface area contributed by atoms with Gasteiger partial charge < -0.3 is 9.84 Å². The molecule has 2 rings (SSSR count). The van der Waals surface area contributed by atoms with E-state index in [9.17, 15) is 9.18 Å². The molecule has 18 heavy (non-hydrogen) atoms. The number of halogens is 1. The van der Waals surface area contributed by atoms with Crippen molar-refractivity contribution in [2.24, 2.45) is 5.92 Å². The highest BCUT2D eigenvalue weighted by molar-refractivity contribution is 5.70. The number of rotatable bonds is 4. The third-order valence-corrected chi connectivity index (χ3v) is 3.46. The lowest BCUT2D eigenvalue weighted by Gasteiger charge is -2.26. The van der Waals surface area contributed by atoms with E-state index < -0.39 is 5.97 Å². The van der Waals surface area contributed by atoms with Gasteiger partial charge >= 0.3 is 5.97 Å². The molecule has 98 valence electrons. The minimum absolute atomic E-state index is 0.0557. The van der Waals surface area contributed by atoms with Crippen LogP contribution in [0.1, 0.15) is 31.2 Å². The number of aliphatic carboxylic acids is 1. The van der Waals surface area contributed by atoms with Gasteiger partial charge in [0, 0.05) is 5.56 Å². The van der Waals surface area contributed by atoms with Gasteiger partial charge in [0.15, 0.2) is 0 Å². The Labute approximate surface area is 106 Å². The van der Waals surface area contributed by atoms with Crippen molar-refractivity contribution in [3.8, 4) is 0 Å². The van der Waals surface area contributed by atoms with Crippen LogP contribution in [0.2, 0.25) is 0 Å². The molecule has 0 radical (unpaired) electrons. The molecule has 1 N–H and O–H groups in total.